The smallest absolute Gasteiger partial charge is 0.330 e. The Balaban J connectivity index is 2.23. The van der Waals surface area contributed by atoms with Crippen molar-refractivity contribution < 1.29 is 0 Å². The number of fused-ring (bicyclic) bond motifs is 1. The number of hydrogen-bond acceptors (Lipinski definition) is 4. The van der Waals surface area contributed by atoms with Crippen LogP contribution in [0.4, 0.5) is 5.82 Å². The van der Waals surface area contributed by atoms with Crippen LogP contribution in [-0.4, -0.2) is 27.2 Å². The molecular formula is C12H17N5O. The molecule has 0 bridgehead atoms. The summed E-state index contributed by atoms with van der Waals surface area (Å²) in [7, 11) is 1.78. The molecule has 0 spiro atoms. The molecule has 0 aliphatic carbocycles. The largest absolute Gasteiger partial charge is 0.384 e. The molecular weight excluding hydrogens is 230 g/mol. The van der Waals surface area contributed by atoms with E-state index in [2.05, 4.69) is 10.3 Å². The van der Waals surface area contributed by atoms with Gasteiger partial charge >= 0.3 is 5.69 Å². The van der Waals surface area contributed by atoms with Crippen LogP contribution < -0.4 is 16.7 Å². The van der Waals surface area contributed by atoms with E-state index in [0.717, 1.165) is 31.4 Å². The minimum atomic E-state index is -0.00463. The molecule has 3 heterocycles. The molecule has 0 unspecified atom stereocenters. The van der Waals surface area contributed by atoms with Crippen LogP contribution in [0.1, 0.15) is 18.9 Å². The molecule has 96 valence electrons. The summed E-state index contributed by atoms with van der Waals surface area (Å²) in [6, 6.07) is 3.81. The predicted octanol–water partition coefficient (Wildman–Crippen LogP) is 0.242. The molecule has 0 aromatic carbocycles. The van der Waals surface area contributed by atoms with E-state index >= 15 is 0 Å². The van der Waals surface area contributed by atoms with Crippen molar-refractivity contribution in [1.29, 1.82) is 0 Å². The Morgan fingerprint density at radius 3 is 2.83 bits per heavy atom. The van der Waals surface area contributed by atoms with Gasteiger partial charge in [-0.1, -0.05) is 0 Å². The maximum atomic E-state index is 12.3. The summed E-state index contributed by atoms with van der Waals surface area (Å²) < 4.78 is 3.44. The van der Waals surface area contributed by atoms with Crippen molar-refractivity contribution in [2.24, 2.45) is 7.05 Å². The van der Waals surface area contributed by atoms with E-state index < -0.39 is 0 Å². The Hall–Kier alpha value is -1.82. The number of aryl methyl sites for hydroxylation is 1. The number of pyridine rings is 1. The minimum Gasteiger partial charge on any atom is -0.384 e. The van der Waals surface area contributed by atoms with E-state index in [1.54, 1.807) is 22.2 Å². The number of rotatable bonds is 1. The van der Waals surface area contributed by atoms with E-state index in [0.29, 0.717) is 11.5 Å². The van der Waals surface area contributed by atoms with Gasteiger partial charge in [0, 0.05) is 13.1 Å². The van der Waals surface area contributed by atoms with Gasteiger partial charge in [-0.05, 0) is 38.1 Å². The fourth-order valence-electron chi connectivity index (χ4n) is 2.64. The van der Waals surface area contributed by atoms with Crippen LogP contribution in [0.3, 0.4) is 0 Å². The van der Waals surface area contributed by atoms with Crippen LogP contribution in [0.15, 0.2) is 16.9 Å². The second-order valence-corrected chi connectivity index (χ2v) is 4.77. The van der Waals surface area contributed by atoms with Gasteiger partial charge in [-0.2, -0.15) is 0 Å². The molecule has 1 aliphatic rings. The summed E-state index contributed by atoms with van der Waals surface area (Å²) in [5.41, 5.74) is 7.27. The Morgan fingerprint density at radius 2 is 2.11 bits per heavy atom. The van der Waals surface area contributed by atoms with Crippen LogP contribution in [0, 0.1) is 0 Å². The van der Waals surface area contributed by atoms with Crippen LogP contribution in [0.25, 0.3) is 11.2 Å². The number of nitrogens with one attached hydrogen (secondary N) is 1. The van der Waals surface area contributed by atoms with Crippen molar-refractivity contribution in [2.75, 3.05) is 18.8 Å². The molecule has 1 fully saturated rings. The SMILES string of the molecule is Cn1c(=O)n(C2CCNCC2)c2nc(N)ccc21. The number of nitrogens with zero attached hydrogens (tertiary/aromatic N) is 3. The molecule has 6 nitrogen and oxygen atoms in total. The zero-order valence-corrected chi connectivity index (χ0v) is 10.4. The first-order valence-corrected chi connectivity index (χ1v) is 6.22. The number of nitrogen functional groups attached to an aromatic ring is 1. The summed E-state index contributed by atoms with van der Waals surface area (Å²) in [4.78, 5) is 16.7. The average Bonchev–Trinajstić information content (AvgIpc) is 2.63. The van der Waals surface area contributed by atoms with Crippen molar-refractivity contribution in [1.82, 2.24) is 19.4 Å². The molecule has 1 saturated heterocycles. The van der Waals surface area contributed by atoms with Crippen molar-refractivity contribution in [3.05, 3.63) is 22.6 Å². The van der Waals surface area contributed by atoms with E-state index in [-0.39, 0.29) is 11.7 Å². The van der Waals surface area contributed by atoms with E-state index in [1.807, 2.05) is 6.07 Å². The van der Waals surface area contributed by atoms with Gasteiger partial charge in [0.1, 0.15) is 5.82 Å². The molecule has 2 aromatic rings. The van der Waals surface area contributed by atoms with Crippen LogP contribution in [0.2, 0.25) is 0 Å². The van der Waals surface area contributed by atoms with E-state index in [1.165, 1.54) is 0 Å². The molecule has 18 heavy (non-hydrogen) atoms. The summed E-state index contributed by atoms with van der Waals surface area (Å²) in [6.45, 7) is 1.88. The zero-order valence-electron chi connectivity index (χ0n) is 10.4. The van der Waals surface area contributed by atoms with E-state index in [4.69, 9.17) is 5.73 Å². The van der Waals surface area contributed by atoms with Gasteiger partial charge < -0.3 is 11.1 Å². The lowest BCUT2D eigenvalue weighted by atomic mass is 10.1. The fraction of sp³-hybridized carbons (Fsp3) is 0.500. The lowest BCUT2D eigenvalue weighted by molar-refractivity contribution is 0.365. The fourth-order valence-corrected chi connectivity index (χ4v) is 2.64. The van der Waals surface area contributed by atoms with Gasteiger partial charge in [-0.3, -0.25) is 9.13 Å². The topological polar surface area (TPSA) is 77.9 Å². The van der Waals surface area contributed by atoms with Crippen LogP contribution in [0.5, 0.6) is 0 Å². The Kier molecular flexibility index (Phi) is 2.59. The molecule has 6 heteroatoms. The second-order valence-electron chi connectivity index (χ2n) is 4.77. The van der Waals surface area contributed by atoms with Crippen molar-refractivity contribution in [2.45, 2.75) is 18.9 Å². The third kappa shape index (κ3) is 1.60. The Morgan fingerprint density at radius 1 is 1.39 bits per heavy atom. The highest BCUT2D eigenvalue weighted by atomic mass is 16.1. The summed E-state index contributed by atoms with van der Waals surface area (Å²) in [5.74, 6) is 0.454. The molecule has 3 N–H and O–H groups in total. The van der Waals surface area contributed by atoms with Gasteiger partial charge in [0.25, 0.3) is 0 Å². The summed E-state index contributed by atoms with van der Waals surface area (Å²) >= 11 is 0. The van der Waals surface area contributed by atoms with Gasteiger partial charge in [-0.25, -0.2) is 9.78 Å². The molecule has 2 aromatic heterocycles. The molecule has 3 rings (SSSR count). The number of hydrogen-bond donors (Lipinski definition) is 2. The van der Waals surface area contributed by atoms with Gasteiger partial charge in [0.2, 0.25) is 0 Å². The molecule has 0 atom stereocenters. The zero-order chi connectivity index (χ0) is 12.7. The second kappa shape index (κ2) is 4.13. The lowest BCUT2D eigenvalue weighted by Gasteiger charge is -2.23. The summed E-state index contributed by atoms with van der Waals surface area (Å²) in [6.07, 6.45) is 1.91. The van der Waals surface area contributed by atoms with Gasteiger partial charge in [0.05, 0.1) is 5.52 Å². The first-order valence-electron chi connectivity index (χ1n) is 6.22. The maximum Gasteiger partial charge on any atom is 0.330 e. The number of aromatic nitrogens is 3. The third-order valence-corrected chi connectivity index (χ3v) is 3.63. The quantitative estimate of drug-likeness (QED) is 0.757. The minimum absolute atomic E-state index is 0.00463. The highest BCUT2D eigenvalue weighted by Crippen LogP contribution is 2.22. The maximum absolute atomic E-state index is 12.3. The normalized spacial score (nSPS) is 17.4. The first-order chi connectivity index (χ1) is 8.68. The van der Waals surface area contributed by atoms with E-state index in [9.17, 15) is 4.79 Å². The number of imidazole rings is 1. The van der Waals surface area contributed by atoms with Gasteiger partial charge in [0.15, 0.2) is 5.65 Å². The number of piperidine rings is 1. The first kappa shape index (κ1) is 11.3. The monoisotopic (exact) mass is 247 g/mol. The predicted molar refractivity (Wildman–Crippen MR) is 70.5 cm³/mol. The molecule has 0 saturated carbocycles. The number of anilines is 1. The standard InChI is InChI=1S/C12H17N5O/c1-16-9-2-3-10(13)15-11(9)17(12(16)18)8-4-6-14-7-5-8/h2-3,8,14H,4-7H2,1H3,(H2,13,15). The van der Waals surface area contributed by atoms with Crippen LogP contribution in [-0.2, 0) is 7.05 Å². The highest BCUT2D eigenvalue weighted by molar-refractivity contribution is 5.73. The Labute approximate surface area is 104 Å². The summed E-state index contributed by atoms with van der Waals surface area (Å²) in [5, 5.41) is 3.30. The third-order valence-electron chi connectivity index (χ3n) is 3.63. The number of nitrogens with two attached hydrogens (primary N) is 1. The molecule has 0 amide bonds. The van der Waals surface area contributed by atoms with Crippen molar-refractivity contribution in [3.8, 4) is 0 Å². The van der Waals surface area contributed by atoms with Crippen molar-refractivity contribution >= 4 is 17.0 Å². The van der Waals surface area contributed by atoms with Gasteiger partial charge in [-0.15, -0.1) is 0 Å². The lowest BCUT2D eigenvalue weighted by Crippen LogP contribution is -2.34. The van der Waals surface area contributed by atoms with Crippen LogP contribution >= 0.6 is 0 Å². The molecule has 1 aliphatic heterocycles. The van der Waals surface area contributed by atoms with Crippen molar-refractivity contribution in [3.63, 3.8) is 0 Å². The average molecular weight is 247 g/mol. The Bertz CT molecular complexity index is 636. The highest BCUT2D eigenvalue weighted by Gasteiger charge is 2.21. The molecule has 0 radical (unpaired) electrons.